The summed E-state index contributed by atoms with van der Waals surface area (Å²) in [5.41, 5.74) is 0.770. The Morgan fingerprint density at radius 1 is 1.19 bits per heavy atom. The average molecular weight is 375 g/mol. The number of ether oxygens (including phenoxy) is 1. The molecule has 26 heavy (non-hydrogen) atoms. The number of amides is 1. The second-order valence-corrected chi connectivity index (χ2v) is 7.71. The van der Waals surface area contributed by atoms with E-state index in [-0.39, 0.29) is 16.5 Å². The molecule has 0 spiro atoms. The van der Waals surface area contributed by atoms with Crippen LogP contribution < -0.4 is 20.1 Å². The van der Waals surface area contributed by atoms with Crippen LogP contribution in [-0.2, 0) is 10.0 Å². The van der Waals surface area contributed by atoms with E-state index in [0.717, 1.165) is 13.0 Å². The lowest BCUT2D eigenvalue weighted by molar-refractivity contribution is 0.102. The third-order valence-corrected chi connectivity index (χ3v) is 5.66. The minimum Gasteiger partial charge on any atom is -0.495 e. The number of para-hydroxylation sites is 2. The number of hydrogen-bond acceptors (Lipinski definition) is 5. The molecule has 3 rings (SSSR count). The number of hydrogen-bond donors (Lipinski definition) is 3. The maximum Gasteiger partial charge on any atom is 0.255 e. The fourth-order valence-electron chi connectivity index (χ4n) is 2.79. The predicted molar refractivity (Wildman–Crippen MR) is 99.0 cm³/mol. The highest BCUT2D eigenvalue weighted by Crippen LogP contribution is 2.24. The second-order valence-electron chi connectivity index (χ2n) is 5.99. The Bertz CT molecular complexity index is 893. The van der Waals surface area contributed by atoms with Gasteiger partial charge in [0.1, 0.15) is 5.75 Å². The SMILES string of the molecule is COc1ccccc1NC(=O)c1cccc(S(=O)(=O)NC2CCNC2)c1. The highest BCUT2D eigenvalue weighted by Gasteiger charge is 2.23. The van der Waals surface area contributed by atoms with Crippen LogP contribution in [0, 0.1) is 0 Å². The summed E-state index contributed by atoms with van der Waals surface area (Å²) >= 11 is 0. The highest BCUT2D eigenvalue weighted by molar-refractivity contribution is 7.89. The van der Waals surface area contributed by atoms with Crippen LogP contribution in [0.5, 0.6) is 5.75 Å². The molecule has 0 bridgehead atoms. The summed E-state index contributed by atoms with van der Waals surface area (Å²) < 4.78 is 32.9. The van der Waals surface area contributed by atoms with Gasteiger partial charge in [0, 0.05) is 18.2 Å². The van der Waals surface area contributed by atoms with Crippen LogP contribution in [0.2, 0.25) is 0 Å². The number of anilines is 1. The molecule has 1 unspecified atom stereocenters. The first-order chi connectivity index (χ1) is 12.5. The molecule has 1 aliphatic heterocycles. The van der Waals surface area contributed by atoms with Crippen LogP contribution in [0.4, 0.5) is 5.69 Å². The third-order valence-electron chi connectivity index (χ3n) is 4.14. The number of sulfonamides is 1. The maximum atomic E-state index is 12.5. The van der Waals surface area contributed by atoms with Crippen molar-refractivity contribution in [1.29, 1.82) is 0 Å². The molecule has 7 nitrogen and oxygen atoms in total. The predicted octanol–water partition coefficient (Wildman–Crippen LogP) is 1.59. The van der Waals surface area contributed by atoms with Crippen LogP contribution in [0.3, 0.4) is 0 Å². The standard InChI is InChI=1S/C18H21N3O4S/c1-25-17-8-3-2-7-16(17)20-18(22)13-5-4-6-15(11-13)26(23,24)21-14-9-10-19-12-14/h2-8,11,14,19,21H,9-10,12H2,1H3,(H,20,22). The molecule has 2 aromatic carbocycles. The third kappa shape index (κ3) is 4.21. The van der Waals surface area contributed by atoms with E-state index in [4.69, 9.17) is 4.74 Å². The molecule has 1 fully saturated rings. The van der Waals surface area contributed by atoms with E-state index in [1.165, 1.54) is 19.2 Å². The van der Waals surface area contributed by atoms with E-state index in [0.29, 0.717) is 18.0 Å². The van der Waals surface area contributed by atoms with Crippen molar-refractivity contribution >= 4 is 21.6 Å². The monoisotopic (exact) mass is 375 g/mol. The van der Waals surface area contributed by atoms with Crippen molar-refractivity contribution in [3.8, 4) is 5.75 Å². The van der Waals surface area contributed by atoms with E-state index in [1.54, 1.807) is 36.4 Å². The first-order valence-electron chi connectivity index (χ1n) is 8.27. The summed E-state index contributed by atoms with van der Waals surface area (Å²) in [6.07, 6.45) is 0.743. The lowest BCUT2D eigenvalue weighted by Gasteiger charge is -2.13. The van der Waals surface area contributed by atoms with Crippen molar-refractivity contribution in [1.82, 2.24) is 10.0 Å². The number of rotatable bonds is 6. The van der Waals surface area contributed by atoms with Crippen LogP contribution in [0.15, 0.2) is 53.4 Å². The topological polar surface area (TPSA) is 96.5 Å². The van der Waals surface area contributed by atoms with Crippen LogP contribution in [0.25, 0.3) is 0 Å². The van der Waals surface area contributed by atoms with Crippen LogP contribution in [-0.4, -0.2) is 40.6 Å². The molecule has 0 radical (unpaired) electrons. The van der Waals surface area contributed by atoms with Crippen LogP contribution in [0.1, 0.15) is 16.8 Å². The molecule has 2 aromatic rings. The summed E-state index contributed by atoms with van der Waals surface area (Å²) in [4.78, 5) is 12.6. The average Bonchev–Trinajstić information content (AvgIpc) is 3.14. The quantitative estimate of drug-likeness (QED) is 0.712. The number of carbonyl (C=O) groups excluding carboxylic acids is 1. The molecule has 1 amide bonds. The minimum absolute atomic E-state index is 0.0667. The summed E-state index contributed by atoms with van der Waals surface area (Å²) in [5, 5.41) is 5.85. The molecule has 3 N–H and O–H groups in total. The van der Waals surface area contributed by atoms with Gasteiger partial charge in [-0.1, -0.05) is 18.2 Å². The van der Waals surface area contributed by atoms with E-state index in [2.05, 4.69) is 15.4 Å². The summed E-state index contributed by atoms with van der Waals surface area (Å²) in [7, 11) is -2.16. The Morgan fingerprint density at radius 2 is 2.00 bits per heavy atom. The zero-order chi connectivity index (χ0) is 18.6. The van der Waals surface area contributed by atoms with E-state index >= 15 is 0 Å². The first kappa shape index (κ1) is 18.4. The van der Waals surface area contributed by atoms with Crippen molar-refractivity contribution in [2.75, 3.05) is 25.5 Å². The molecule has 138 valence electrons. The van der Waals surface area contributed by atoms with Crippen LogP contribution >= 0.6 is 0 Å². The minimum atomic E-state index is -3.68. The number of nitrogens with one attached hydrogen (secondary N) is 3. The molecule has 0 aromatic heterocycles. The number of carbonyl (C=O) groups is 1. The lowest BCUT2D eigenvalue weighted by Crippen LogP contribution is -2.36. The smallest absolute Gasteiger partial charge is 0.255 e. The molecular weight excluding hydrogens is 354 g/mol. The Labute approximate surface area is 152 Å². The van der Waals surface area contributed by atoms with E-state index in [1.807, 2.05) is 0 Å². The zero-order valence-corrected chi connectivity index (χ0v) is 15.2. The van der Waals surface area contributed by atoms with Crippen molar-refractivity contribution in [3.63, 3.8) is 0 Å². The van der Waals surface area contributed by atoms with E-state index in [9.17, 15) is 13.2 Å². The first-order valence-corrected chi connectivity index (χ1v) is 9.75. The zero-order valence-electron chi connectivity index (χ0n) is 14.4. The van der Waals surface area contributed by atoms with E-state index < -0.39 is 15.9 Å². The Morgan fingerprint density at radius 3 is 2.73 bits per heavy atom. The van der Waals surface area contributed by atoms with Gasteiger partial charge in [-0.15, -0.1) is 0 Å². The number of methoxy groups -OCH3 is 1. The Hall–Kier alpha value is -2.42. The van der Waals surface area contributed by atoms with Gasteiger partial charge in [-0.25, -0.2) is 13.1 Å². The molecule has 1 aliphatic rings. The van der Waals surface area contributed by atoms with Gasteiger partial charge >= 0.3 is 0 Å². The van der Waals surface area contributed by atoms with Crippen molar-refractivity contribution in [2.24, 2.45) is 0 Å². The normalized spacial score (nSPS) is 17.0. The fraction of sp³-hybridized carbons (Fsp3) is 0.278. The summed E-state index contributed by atoms with van der Waals surface area (Å²) in [5.74, 6) is 0.120. The van der Waals surface area contributed by atoms with Gasteiger partial charge in [-0.05, 0) is 43.3 Å². The van der Waals surface area contributed by atoms with Gasteiger partial charge in [0.25, 0.3) is 5.91 Å². The maximum absolute atomic E-state index is 12.5. The van der Waals surface area contributed by atoms with Gasteiger partial charge < -0.3 is 15.4 Å². The van der Waals surface area contributed by atoms with Gasteiger partial charge in [0.2, 0.25) is 10.0 Å². The molecule has 0 saturated carbocycles. The van der Waals surface area contributed by atoms with Gasteiger partial charge in [0.05, 0.1) is 17.7 Å². The molecular formula is C18H21N3O4S. The number of benzene rings is 2. The largest absolute Gasteiger partial charge is 0.495 e. The summed E-state index contributed by atoms with van der Waals surface area (Å²) in [6.45, 7) is 1.39. The molecule has 0 aliphatic carbocycles. The Kier molecular flexibility index (Phi) is 5.55. The van der Waals surface area contributed by atoms with Gasteiger partial charge in [0.15, 0.2) is 0 Å². The van der Waals surface area contributed by atoms with Gasteiger partial charge in [-0.2, -0.15) is 0 Å². The molecule has 8 heteroatoms. The van der Waals surface area contributed by atoms with Crippen molar-refractivity contribution in [3.05, 3.63) is 54.1 Å². The molecule has 1 saturated heterocycles. The Balaban J connectivity index is 1.79. The second kappa shape index (κ2) is 7.86. The molecule has 1 heterocycles. The highest BCUT2D eigenvalue weighted by atomic mass is 32.2. The van der Waals surface area contributed by atoms with Gasteiger partial charge in [-0.3, -0.25) is 4.79 Å². The summed E-state index contributed by atoms with van der Waals surface area (Å²) in [6, 6.07) is 12.9. The lowest BCUT2D eigenvalue weighted by atomic mass is 10.2. The van der Waals surface area contributed by atoms with Crippen molar-refractivity contribution < 1.29 is 17.9 Å². The fourth-order valence-corrected chi connectivity index (χ4v) is 4.11. The van der Waals surface area contributed by atoms with Crippen molar-refractivity contribution in [2.45, 2.75) is 17.4 Å². The molecule has 1 atom stereocenters.